The van der Waals surface area contributed by atoms with Gasteiger partial charge in [-0.3, -0.25) is 0 Å². The number of likely N-dealkylation sites (N-methyl/N-ethyl adjacent to an activating group) is 1. The van der Waals surface area contributed by atoms with Crippen molar-refractivity contribution in [3.63, 3.8) is 0 Å². The molecule has 0 amide bonds. The zero-order chi connectivity index (χ0) is 11.3. The number of nitrogens with one attached hydrogen (secondary N) is 1. The molecule has 0 unspecified atom stereocenters. The molecule has 1 aromatic carbocycles. The van der Waals surface area contributed by atoms with Crippen LogP contribution in [-0.2, 0) is 0 Å². The van der Waals surface area contributed by atoms with Crippen LogP contribution in [-0.4, -0.2) is 13.1 Å². The van der Waals surface area contributed by atoms with Crippen LogP contribution < -0.4 is 11.1 Å². The lowest BCUT2D eigenvalue weighted by atomic mass is 10.0. The summed E-state index contributed by atoms with van der Waals surface area (Å²) in [6.07, 6.45) is 0. The van der Waals surface area contributed by atoms with Gasteiger partial charge in [-0.2, -0.15) is 5.26 Å². The minimum atomic E-state index is 0.608. The fourth-order valence-corrected chi connectivity index (χ4v) is 1.30. The van der Waals surface area contributed by atoms with Crippen LogP contribution in [0, 0.1) is 11.3 Å². The molecule has 0 aromatic heterocycles. The second-order valence-electron chi connectivity index (χ2n) is 3.30. The average Bonchev–Trinajstić information content (AvgIpc) is 2.26. The van der Waals surface area contributed by atoms with Gasteiger partial charge in [-0.05, 0) is 30.3 Å². The van der Waals surface area contributed by atoms with Crippen molar-refractivity contribution in [1.29, 1.82) is 5.26 Å². The van der Waals surface area contributed by atoms with Crippen molar-refractivity contribution in [2.75, 3.05) is 18.8 Å². The first kappa shape index (κ1) is 11.3. The zero-order valence-electron chi connectivity index (χ0n) is 8.88. The Hall–Kier alpha value is -1.79. The molecule has 1 rings (SSSR count). The number of nitrogens with two attached hydrogens (primary N) is 1. The first-order valence-corrected chi connectivity index (χ1v) is 4.87. The van der Waals surface area contributed by atoms with Gasteiger partial charge in [0.15, 0.2) is 0 Å². The third-order valence-corrected chi connectivity index (χ3v) is 2.15. The van der Waals surface area contributed by atoms with Crippen LogP contribution in [0.1, 0.15) is 18.1 Å². The fraction of sp³-hybridized carbons (Fsp3) is 0.250. The van der Waals surface area contributed by atoms with Gasteiger partial charge in [0.1, 0.15) is 0 Å². The van der Waals surface area contributed by atoms with Crippen LogP contribution in [0.5, 0.6) is 0 Å². The summed E-state index contributed by atoms with van der Waals surface area (Å²) < 4.78 is 0. The standard InChI is InChI=1S/C12H15N3/c1-3-15-8-9(2)11-6-10(7-13)4-5-12(11)14/h4-6,15H,2-3,8,14H2,1H3. The molecular formula is C12H15N3. The second kappa shape index (κ2) is 5.18. The van der Waals surface area contributed by atoms with Crippen molar-refractivity contribution in [3.8, 4) is 6.07 Å². The van der Waals surface area contributed by atoms with E-state index >= 15 is 0 Å². The van der Waals surface area contributed by atoms with Crippen LogP contribution >= 0.6 is 0 Å². The van der Waals surface area contributed by atoms with Crippen LogP contribution in [0.4, 0.5) is 5.69 Å². The third-order valence-electron chi connectivity index (χ3n) is 2.15. The Morgan fingerprint density at radius 2 is 2.33 bits per heavy atom. The fourth-order valence-electron chi connectivity index (χ4n) is 1.30. The highest BCUT2D eigenvalue weighted by molar-refractivity contribution is 5.75. The van der Waals surface area contributed by atoms with Crippen LogP contribution in [0.25, 0.3) is 5.57 Å². The highest BCUT2D eigenvalue weighted by Gasteiger charge is 2.04. The molecule has 3 N–H and O–H groups in total. The van der Waals surface area contributed by atoms with Crippen LogP contribution in [0.2, 0.25) is 0 Å². The normalized spacial score (nSPS) is 9.60. The summed E-state index contributed by atoms with van der Waals surface area (Å²) in [5.41, 5.74) is 8.86. The predicted molar refractivity (Wildman–Crippen MR) is 63.1 cm³/mol. The molecule has 0 saturated carbocycles. The molecule has 0 radical (unpaired) electrons. The molecule has 0 aliphatic rings. The first-order chi connectivity index (χ1) is 7.19. The van der Waals surface area contributed by atoms with Crippen molar-refractivity contribution < 1.29 is 0 Å². The van der Waals surface area contributed by atoms with Crippen molar-refractivity contribution in [1.82, 2.24) is 5.32 Å². The van der Waals surface area contributed by atoms with Gasteiger partial charge in [0.2, 0.25) is 0 Å². The molecule has 78 valence electrons. The summed E-state index contributed by atoms with van der Waals surface area (Å²) in [7, 11) is 0. The lowest BCUT2D eigenvalue weighted by Gasteiger charge is -2.09. The van der Waals surface area contributed by atoms with Gasteiger partial charge in [0.25, 0.3) is 0 Å². The van der Waals surface area contributed by atoms with Crippen molar-refractivity contribution in [3.05, 3.63) is 35.9 Å². The minimum absolute atomic E-state index is 0.608. The van der Waals surface area contributed by atoms with Gasteiger partial charge in [0.05, 0.1) is 11.6 Å². The van der Waals surface area contributed by atoms with Gasteiger partial charge in [0, 0.05) is 17.8 Å². The van der Waals surface area contributed by atoms with Gasteiger partial charge in [-0.15, -0.1) is 0 Å². The van der Waals surface area contributed by atoms with E-state index in [9.17, 15) is 0 Å². The number of benzene rings is 1. The topological polar surface area (TPSA) is 61.8 Å². The molecular weight excluding hydrogens is 186 g/mol. The SMILES string of the molecule is C=C(CNCC)c1cc(C#N)ccc1N. The van der Waals surface area contributed by atoms with Crippen molar-refractivity contribution in [2.24, 2.45) is 0 Å². The Bertz CT molecular complexity index is 402. The maximum atomic E-state index is 8.77. The summed E-state index contributed by atoms with van der Waals surface area (Å²) in [5.74, 6) is 0. The van der Waals surface area contributed by atoms with E-state index < -0.39 is 0 Å². The Kier molecular flexibility index (Phi) is 3.90. The molecule has 0 atom stereocenters. The smallest absolute Gasteiger partial charge is 0.0991 e. The van der Waals surface area contributed by atoms with Gasteiger partial charge >= 0.3 is 0 Å². The average molecular weight is 201 g/mol. The maximum Gasteiger partial charge on any atom is 0.0991 e. The van der Waals surface area contributed by atoms with Gasteiger partial charge in [-0.1, -0.05) is 13.5 Å². The second-order valence-corrected chi connectivity index (χ2v) is 3.30. The highest BCUT2D eigenvalue weighted by Crippen LogP contribution is 2.20. The number of nitrogens with zero attached hydrogens (tertiary/aromatic N) is 1. The van der Waals surface area contributed by atoms with E-state index in [4.69, 9.17) is 11.0 Å². The number of nitrogen functional groups attached to an aromatic ring is 1. The lowest BCUT2D eigenvalue weighted by molar-refractivity contribution is 0.808. The number of nitriles is 1. The largest absolute Gasteiger partial charge is 0.398 e. The highest BCUT2D eigenvalue weighted by atomic mass is 14.8. The predicted octanol–water partition coefficient (Wildman–Crippen LogP) is 1.76. The molecule has 1 aromatic rings. The molecule has 0 aliphatic heterocycles. The summed E-state index contributed by atoms with van der Waals surface area (Å²) in [4.78, 5) is 0. The van der Waals surface area contributed by atoms with E-state index in [0.717, 1.165) is 17.7 Å². The summed E-state index contributed by atoms with van der Waals surface area (Å²) in [6, 6.07) is 7.31. The molecule has 15 heavy (non-hydrogen) atoms. The first-order valence-electron chi connectivity index (χ1n) is 4.87. The molecule has 0 saturated heterocycles. The van der Waals surface area contributed by atoms with Gasteiger partial charge in [-0.25, -0.2) is 0 Å². The summed E-state index contributed by atoms with van der Waals surface area (Å²) in [6.45, 7) is 7.55. The maximum absolute atomic E-state index is 8.77. The summed E-state index contributed by atoms with van der Waals surface area (Å²) >= 11 is 0. The Morgan fingerprint density at radius 3 is 2.93 bits per heavy atom. The Balaban J connectivity index is 2.93. The molecule has 0 aliphatic carbocycles. The number of hydrogen-bond donors (Lipinski definition) is 2. The number of rotatable bonds is 4. The monoisotopic (exact) mass is 201 g/mol. The van der Waals surface area contributed by atoms with E-state index in [-0.39, 0.29) is 0 Å². The molecule has 0 spiro atoms. The molecule has 0 heterocycles. The Morgan fingerprint density at radius 1 is 1.60 bits per heavy atom. The molecule has 3 heteroatoms. The third kappa shape index (κ3) is 2.83. The van der Waals surface area contributed by atoms with Gasteiger partial charge < -0.3 is 11.1 Å². The molecule has 0 bridgehead atoms. The van der Waals surface area contributed by atoms with Crippen molar-refractivity contribution in [2.45, 2.75) is 6.92 Å². The van der Waals surface area contributed by atoms with E-state index in [2.05, 4.69) is 18.0 Å². The summed E-state index contributed by atoms with van der Waals surface area (Å²) in [5, 5.41) is 11.9. The molecule has 3 nitrogen and oxygen atoms in total. The molecule has 0 fully saturated rings. The van der Waals surface area contributed by atoms with E-state index in [1.165, 1.54) is 0 Å². The lowest BCUT2D eigenvalue weighted by Crippen LogP contribution is -2.15. The van der Waals surface area contributed by atoms with E-state index in [0.29, 0.717) is 17.8 Å². The van der Waals surface area contributed by atoms with Crippen LogP contribution in [0.15, 0.2) is 24.8 Å². The van der Waals surface area contributed by atoms with Crippen LogP contribution in [0.3, 0.4) is 0 Å². The van der Waals surface area contributed by atoms with E-state index in [1.54, 1.807) is 18.2 Å². The Labute approximate surface area is 90.2 Å². The zero-order valence-corrected chi connectivity index (χ0v) is 8.88. The van der Waals surface area contributed by atoms with E-state index in [1.807, 2.05) is 6.92 Å². The minimum Gasteiger partial charge on any atom is -0.398 e. The number of hydrogen-bond acceptors (Lipinski definition) is 3. The quantitative estimate of drug-likeness (QED) is 0.730. The van der Waals surface area contributed by atoms with Crippen molar-refractivity contribution >= 4 is 11.3 Å². The number of anilines is 1.